The quantitative estimate of drug-likeness (QED) is 0.271. The smallest absolute Gasteiger partial charge is 0.344 e. The highest BCUT2D eigenvalue weighted by Crippen LogP contribution is 2.31. The first-order chi connectivity index (χ1) is 17.5. The number of carbonyl (C=O) groups is 1. The fourth-order valence-corrected chi connectivity index (χ4v) is 4.40. The number of benzene rings is 3. The van der Waals surface area contributed by atoms with E-state index in [1.165, 1.54) is 18.1 Å². The molecule has 0 bridgehead atoms. The first kappa shape index (κ1) is 25.0. The summed E-state index contributed by atoms with van der Waals surface area (Å²) in [4.78, 5) is 23.7. The minimum atomic E-state index is -0.991. The van der Waals surface area contributed by atoms with Crippen LogP contribution >= 0.6 is 0 Å². The zero-order chi connectivity index (χ0) is 25.3. The third kappa shape index (κ3) is 6.51. The lowest BCUT2D eigenvalue weighted by molar-refractivity contribution is -0.144. The Labute approximate surface area is 211 Å². The summed E-state index contributed by atoms with van der Waals surface area (Å²) < 4.78 is 7.28. The molecule has 0 saturated heterocycles. The van der Waals surface area contributed by atoms with Crippen molar-refractivity contribution in [1.82, 2.24) is 4.57 Å². The van der Waals surface area contributed by atoms with E-state index in [0.29, 0.717) is 12.3 Å². The Morgan fingerprint density at radius 2 is 1.50 bits per heavy atom. The molecule has 5 heteroatoms. The molecule has 4 rings (SSSR count). The van der Waals surface area contributed by atoms with Crippen LogP contribution in [0.4, 0.5) is 0 Å². The van der Waals surface area contributed by atoms with Gasteiger partial charge in [0.2, 0.25) is 0 Å². The molecule has 1 atom stereocenters. The molecule has 3 aromatic carbocycles. The second-order valence-electron chi connectivity index (χ2n) is 8.95. The van der Waals surface area contributed by atoms with Gasteiger partial charge in [-0.3, -0.25) is 4.79 Å². The van der Waals surface area contributed by atoms with Gasteiger partial charge in [-0.25, -0.2) is 4.79 Å². The molecule has 0 aliphatic heterocycles. The van der Waals surface area contributed by atoms with Crippen molar-refractivity contribution in [3.63, 3.8) is 0 Å². The molecule has 0 aliphatic rings. The maximum Gasteiger partial charge on any atom is 0.344 e. The Hall–Kier alpha value is -4.12. The monoisotopic (exact) mass is 481 g/mol. The number of hydrogen-bond acceptors (Lipinski definition) is 3. The first-order valence-electron chi connectivity index (χ1n) is 12.3. The Balaban J connectivity index is 1.44. The highest BCUT2D eigenvalue weighted by atomic mass is 16.5. The second-order valence-corrected chi connectivity index (χ2v) is 8.95. The number of aryl methyl sites for hydroxylation is 2. The largest absolute Gasteiger partial charge is 0.479 e. The summed E-state index contributed by atoms with van der Waals surface area (Å²) in [6.45, 7) is 2.15. The molecule has 5 nitrogen and oxygen atoms in total. The lowest BCUT2D eigenvalue weighted by atomic mass is 9.86. The van der Waals surface area contributed by atoms with Crippen molar-refractivity contribution in [2.75, 3.05) is 0 Å². The van der Waals surface area contributed by atoms with E-state index in [1.54, 1.807) is 12.1 Å². The molecule has 0 unspecified atom stereocenters. The van der Waals surface area contributed by atoms with Gasteiger partial charge in [0.1, 0.15) is 5.75 Å². The van der Waals surface area contributed by atoms with Crippen molar-refractivity contribution in [3.8, 4) is 5.75 Å². The minimum Gasteiger partial charge on any atom is -0.479 e. The molecule has 1 aromatic heterocycles. The van der Waals surface area contributed by atoms with E-state index in [1.807, 2.05) is 71.4 Å². The lowest BCUT2D eigenvalue weighted by Crippen LogP contribution is -2.22. The number of aliphatic carboxylic acids is 1. The Kier molecular flexibility index (Phi) is 8.35. The third-order valence-electron chi connectivity index (χ3n) is 6.28. The maximum absolute atomic E-state index is 12.6. The van der Waals surface area contributed by atoms with Gasteiger partial charge in [0.25, 0.3) is 5.56 Å². The molecule has 36 heavy (non-hydrogen) atoms. The van der Waals surface area contributed by atoms with Crippen molar-refractivity contribution in [3.05, 3.63) is 136 Å². The first-order valence-corrected chi connectivity index (χ1v) is 12.3. The van der Waals surface area contributed by atoms with Crippen molar-refractivity contribution < 1.29 is 14.6 Å². The SMILES string of the molecule is C[C@H](Oc1cccc(CCCCn2cc(C(c3ccccc3)c3ccccc3)ccc2=O)c1)C(=O)O. The third-order valence-corrected chi connectivity index (χ3v) is 6.28. The molecule has 0 spiro atoms. The van der Waals surface area contributed by atoms with Crippen molar-refractivity contribution in [2.24, 2.45) is 0 Å². The molecule has 1 N–H and O–H groups in total. The molecule has 0 fully saturated rings. The van der Waals surface area contributed by atoms with Crippen LogP contribution in [0.3, 0.4) is 0 Å². The van der Waals surface area contributed by atoms with Crippen LogP contribution in [0.15, 0.2) is 108 Å². The molecular formula is C31H31NO4. The second kappa shape index (κ2) is 12.0. The van der Waals surface area contributed by atoms with Gasteiger partial charge in [0.15, 0.2) is 6.10 Å². The fraction of sp³-hybridized carbons (Fsp3) is 0.226. The molecule has 1 heterocycles. The number of nitrogens with zero attached hydrogens (tertiary/aromatic N) is 1. The van der Waals surface area contributed by atoms with Crippen LogP contribution in [0.1, 0.15) is 47.9 Å². The van der Waals surface area contributed by atoms with Gasteiger partial charge >= 0.3 is 5.97 Å². The standard InChI is InChI=1S/C31H31NO4/c1-23(31(34)35)36-28-17-10-12-24(21-28)11-8-9-20-32-22-27(18-19-29(32)33)30(25-13-4-2-5-14-25)26-15-6-3-7-16-26/h2-7,10,12-19,21-23,30H,8-9,11,20H2,1H3,(H,34,35)/t23-/m0/s1. The van der Waals surface area contributed by atoms with Gasteiger partial charge in [-0.05, 0) is 60.6 Å². The summed E-state index contributed by atoms with van der Waals surface area (Å²) in [5, 5.41) is 9.05. The average molecular weight is 482 g/mol. The predicted molar refractivity (Wildman–Crippen MR) is 142 cm³/mol. The van der Waals surface area contributed by atoms with Gasteiger partial charge in [0, 0.05) is 24.7 Å². The van der Waals surface area contributed by atoms with Crippen molar-refractivity contribution in [2.45, 2.75) is 44.8 Å². The zero-order valence-electron chi connectivity index (χ0n) is 20.4. The van der Waals surface area contributed by atoms with Crippen LogP contribution in [0.5, 0.6) is 5.75 Å². The van der Waals surface area contributed by atoms with E-state index < -0.39 is 12.1 Å². The van der Waals surface area contributed by atoms with Crippen LogP contribution in [-0.2, 0) is 17.8 Å². The molecule has 4 aromatic rings. The van der Waals surface area contributed by atoms with Crippen LogP contribution in [-0.4, -0.2) is 21.7 Å². The van der Waals surface area contributed by atoms with E-state index in [9.17, 15) is 9.59 Å². The van der Waals surface area contributed by atoms with E-state index in [2.05, 4.69) is 24.3 Å². The van der Waals surface area contributed by atoms with Crippen LogP contribution in [0.25, 0.3) is 0 Å². The fourth-order valence-electron chi connectivity index (χ4n) is 4.40. The molecule has 0 radical (unpaired) electrons. The van der Waals surface area contributed by atoms with Crippen molar-refractivity contribution >= 4 is 5.97 Å². The maximum atomic E-state index is 12.6. The van der Waals surface area contributed by atoms with Gasteiger partial charge in [-0.1, -0.05) is 78.9 Å². The Morgan fingerprint density at radius 1 is 0.833 bits per heavy atom. The van der Waals surface area contributed by atoms with Gasteiger partial charge in [-0.2, -0.15) is 0 Å². The summed E-state index contributed by atoms with van der Waals surface area (Å²) >= 11 is 0. The number of rotatable bonds is 11. The van der Waals surface area contributed by atoms with Gasteiger partial charge in [-0.15, -0.1) is 0 Å². The zero-order valence-corrected chi connectivity index (χ0v) is 20.4. The minimum absolute atomic E-state index is 0.00308. The van der Waals surface area contributed by atoms with Crippen molar-refractivity contribution in [1.29, 1.82) is 0 Å². The summed E-state index contributed by atoms with van der Waals surface area (Å²) in [6.07, 6.45) is 3.67. The normalized spacial score (nSPS) is 11.8. The number of carboxylic acid groups (broad SMARTS) is 1. The molecule has 184 valence electrons. The highest BCUT2D eigenvalue weighted by Gasteiger charge is 2.17. The summed E-state index contributed by atoms with van der Waals surface area (Å²) in [7, 11) is 0. The van der Waals surface area contributed by atoms with E-state index in [-0.39, 0.29) is 11.5 Å². The number of pyridine rings is 1. The van der Waals surface area contributed by atoms with Gasteiger partial charge in [0.05, 0.1) is 0 Å². The number of carboxylic acids is 1. The van der Waals surface area contributed by atoms with E-state index in [4.69, 9.17) is 9.84 Å². The predicted octanol–water partition coefficient (Wildman–Crippen LogP) is 5.90. The number of aromatic nitrogens is 1. The molecular weight excluding hydrogens is 450 g/mol. The topological polar surface area (TPSA) is 68.5 Å². The van der Waals surface area contributed by atoms with E-state index in [0.717, 1.165) is 30.4 Å². The van der Waals surface area contributed by atoms with Crippen LogP contribution < -0.4 is 10.3 Å². The Bertz CT molecular complexity index is 1290. The molecule has 0 amide bonds. The van der Waals surface area contributed by atoms with Gasteiger partial charge < -0.3 is 14.4 Å². The number of hydrogen-bond donors (Lipinski definition) is 1. The summed E-state index contributed by atoms with van der Waals surface area (Å²) in [6, 6.07) is 31.9. The number of ether oxygens (including phenoxy) is 1. The lowest BCUT2D eigenvalue weighted by Gasteiger charge is -2.20. The van der Waals surface area contributed by atoms with E-state index >= 15 is 0 Å². The number of unbranched alkanes of at least 4 members (excludes halogenated alkanes) is 1. The highest BCUT2D eigenvalue weighted by molar-refractivity contribution is 5.72. The van der Waals surface area contributed by atoms with Crippen LogP contribution in [0.2, 0.25) is 0 Å². The molecule has 0 aliphatic carbocycles. The van der Waals surface area contributed by atoms with Crippen LogP contribution in [0, 0.1) is 0 Å². The molecule has 0 saturated carbocycles. The summed E-state index contributed by atoms with van der Waals surface area (Å²) in [5.41, 5.74) is 4.54. The average Bonchev–Trinajstić information content (AvgIpc) is 2.90. The summed E-state index contributed by atoms with van der Waals surface area (Å²) in [5.74, 6) is -0.385. The Morgan fingerprint density at radius 3 is 2.14 bits per heavy atom.